The number of benzene rings is 1. The summed E-state index contributed by atoms with van der Waals surface area (Å²) in [6.45, 7) is 5.24. The molecule has 1 amide bonds. The molecule has 0 saturated carbocycles. The molecule has 162 valence electrons. The Bertz CT molecular complexity index is 861. The van der Waals surface area contributed by atoms with Gasteiger partial charge in [-0.2, -0.15) is 0 Å². The zero-order valence-electron chi connectivity index (χ0n) is 18.0. The van der Waals surface area contributed by atoms with Crippen molar-refractivity contribution in [3.05, 3.63) is 41.5 Å². The van der Waals surface area contributed by atoms with Crippen LogP contribution in [-0.2, 0) is 29.7 Å². The van der Waals surface area contributed by atoms with Gasteiger partial charge >= 0.3 is 0 Å². The standard InChI is InChI=1S/C21H31N7O2/c1-16-25-26-19(27(16)2)15-24-21(22-11-5-13-30-3)23-14-17-7-9-18(10-8-17)28-12-4-6-20(28)29/h7-10H,4-6,11-15H2,1-3H3,(H2,22,23,24). The lowest BCUT2D eigenvalue weighted by Gasteiger charge is -2.16. The maximum atomic E-state index is 11.9. The monoisotopic (exact) mass is 413 g/mol. The number of aliphatic imine (C=N–C) groups is 1. The van der Waals surface area contributed by atoms with Gasteiger partial charge in [0.2, 0.25) is 5.91 Å². The van der Waals surface area contributed by atoms with Crippen LogP contribution in [-0.4, -0.2) is 53.4 Å². The lowest BCUT2D eigenvalue weighted by molar-refractivity contribution is -0.117. The maximum Gasteiger partial charge on any atom is 0.227 e. The van der Waals surface area contributed by atoms with Crippen molar-refractivity contribution in [2.24, 2.45) is 12.0 Å². The Morgan fingerprint density at radius 2 is 2.03 bits per heavy atom. The number of ether oxygens (including phenoxy) is 1. The predicted molar refractivity (Wildman–Crippen MR) is 116 cm³/mol. The van der Waals surface area contributed by atoms with E-state index >= 15 is 0 Å². The lowest BCUT2D eigenvalue weighted by atomic mass is 10.2. The molecule has 1 aromatic carbocycles. The quantitative estimate of drug-likeness (QED) is 0.368. The van der Waals surface area contributed by atoms with E-state index < -0.39 is 0 Å². The van der Waals surface area contributed by atoms with Crippen LogP contribution in [0.3, 0.4) is 0 Å². The number of carbonyl (C=O) groups is 1. The summed E-state index contributed by atoms with van der Waals surface area (Å²) in [6, 6.07) is 8.04. The van der Waals surface area contributed by atoms with Crippen molar-refractivity contribution in [1.29, 1.82) is 0 Å². The van der Waals surface area contributed by atoms with Crippen LogP contribution >= 0.6 is 0 Å². The van der Waals surface area contributed by atoms with E-state index in [1.165, 1.54) is 0 Å². The summed E-state index contributed by atoms with van der Waals surface area (Å²) in [6.07, 6.45) is 2.46. The number of nitrogens with one attached hydrogen (secondary N) is 2. The van der Waals surface area contributed by atoms with Gasteiger partial charge in [-0.25, -0.2) is 4.99 Å². The summed E-state index contributed by atoms with van der Waals surface area (Å²) >= 11 is 0. The topological polar surface area (TPSA) is 96.7 Å². The minimum absolute atomic E-state index is 0.200. The summed E-state index contributed by atoms with van der Waals surface area (Å²) in [7, 11) is 3.64. The molecule has 2 N–H and O–H groups in total. The molecule has 1 fully saturated rings. The first-order chi connectivity index (χ1) is 14.6. The van der Waals surface area contributed by atoms with Crippen LogP contribution in [0, 0.1) is 6.92 Å². The van der Waals surface area contributed by atoms with Gasteiger partial charge in [-0.1, -0.05) is 12.1 Å². The van der Waals surface area contributed by atoms with E-state index in [1.807, 2.05) is 47.7 Å². The summed E-state index contributed by atoms with van der Waals surface area (Å²) in [4.78, 5) is 18.5. The minimum Gasteiger partial charge on any atom is -0.385 e. The number of aromatic nitrogens is 3. The van der Waals surface area contributed by atoms with Crippen LogP contribution in [0.1, 0.15) is 36.5 Å². The van der Waals surface area contributed by atoms with E-state index in [2.05, 4.69) is 20.8 Å². The van der Waals surface area contributed by atoms with Crippen molar-refractivity contribution in [3.63, 3.8) is 0 Å². The van der Waals surface area contributed by atoms with Crippen molar-refractivity contribution < 1.29 is 9.53 Å². The number of hydrogen-bond acceptors (Lipinski definition) is 5. The molecule has 0 aliphatic carbocycles. The average molecular weight is 414 g/mol. The first-order valence-corrected chi connectivity index (χ1v) is 10.3. The van der Waals surface area contributed by atoms with Gasteiger partial charge in [0.15, 0.2) is 11.8 Å². The highest BCUT2D eigenvalue weighted by Gasteiger charge is 2.21. The molecule has 2 aromatic rings. The van der Waals surface area contributed by atoms with E-state index in [9.17, 15) is 4.79 Å². The Kier molecular flexibility index (Phi) is 7.78. The van der Waals surface area contributed by atoms with Gasteiger partial charge in [-0.15, -0.1) is 10.2 Å². The SMILES string of the molecule is COCCCNC(=NCc1ccc(N2CCCC2=O)cc1)NCc1nnc(C)n1C. The fourth-order valence-electron chi connectivity index (χ4n) is 3.24. The summed E-state index contributed by atoms with van der Waals surface area (Å²) < 4.78 is 7.06. The number of rotatable bonds is 9. The molecule has 30 heavy (non-hydrogen) atoms. The van der Waals surface area contributed by atoms with Gasteiger partial charge in [-0.05, 0) is 37.5 Å². The van der Waals surface area contributed by atoms with E-state index in [1.54, 1.807) is 7.11 Å². The number of aryl methyl sites for hydroxylation is 1. The van der Waals surface area contributed by atoms with Crippen molar-refractivity contribution in [3.8, 4) is 0 Å². The average Bonchev–Trinajstić information content (AvgIpc) is 3.33. The summed E-state index contributed by atoms with van der Waals surface area (Å²) in [5.74, 6) is 2.63. The molecule has 1 saturated heterocycles. The smallest absolute Gasteiger partial charge is 0.227 e. The van der Waals surface area contributed by atoms with Crippen molar-refractivity contribution in [1.82, 2.24) is 25.4 Å². The molecule has 0 unspecified atom stereocenters. The van der Waals surface area contributed by atoms with Gasteiger partial charge in [0.25, 0.3) is 0 Å². The number of methoxy groups -OCH3 is 1. The number of amides is 1. The second-order valence-corrected chi connectivity index (χ2v) is 7.33. The summed E-state index contributed by atoms with van der Waals surface area (Å²) in [5, 5.41) is 14.9. The molecule has 2 heterocycles. The molecule has 3 rings (SSSR count). The van der Waals surface area contributed by atoms with E-state index in [0.717, 1.165) is 48.8 Å². The van der Waals surface area contributed by atoms with Gasteiger partial charge in [0, 0.05) is 46.0 Å². The number of nitrogens with zero attached hydrogens (tertiary/aromatic N) is 5. The van der Waals surface area contributed by atoms with Crippen LogP contribution in [0.25, 0.3) is 0 Å². The fraction of sp³-hybridized carbons (Fsp3) is 0.524. The first-order valence-electron chi connectivity index (χ1n) is 10.3. The van der Waals surface area contributed by atoms with Crippen LogP contribution in [0.2, 0.25) is 0 Å². The normalized spacial score (nSPS) is 14.4. The van der Waals surface area contributed by atoms with Crippen LogP contribution in [0.5, 0.6) is 0 Å². The second-order valence-electron chi connectivity index (χ2n) is 7.33. The lowest BCUT2D eigenvalue weighted by Crippen LogP contribution is -2.38. The van der Waals surface area contributed by atoms with Gasteiger partial charge in [-0.3, -0.25) is 4.79 Å². The fourth-order valence-corrected chi connectivity index (χ4v) is 3.24. The van der Waals surface area contributed by atoms with Gasteiger partial charge < -0.3 is 24.8 Å². The molecular formula is C21H31N7O2. The third kappa shape index (κ3) is 5.79. The van der Waals surface area contributed by atoms with Gasteiger partial charge in [0.05, 0.1) is 13.1 Å². The highest BCUT2D eigenvalue weighted by molar-refractivity contribution is 5.95. The zero-order chi connectivity index (χ0) is 21.3. The van der Waals surface area contributed by atoms with Crippen molar-refractivity contribution >= 4 is 17.6 Å². The maximum absolute atomic E-state index is 11.9. The molecule has 0 atom stereocenters. The van der Waals surface area contributed by atoms with E-state index in [4.69, 9.17) is 9.73 Å². The first kappa shape index (κ1) is 21.8. The molecule has 0 bridgehead atoms. The molecule has 0 spiro atoms. The number of hydrogen-bond donors (Lipinski definition) is 2. The minimum atomic E-state index is 0.200. The molecule has 9 nitrogen and oxygen atoms in total. The Labute approximate surface area is 177 Å². The van der Waals surface area contributed by atoms with Crippen molar-refractivity contribution in [2.45, 2.75) is 39.3 Å². The van der Waals surface area contributed by atoms with Crippen molar-refractivity contribution in [2.75, 3.05) is 31.7 Å². The molecular weight excluding hydrogens is 382 g/mol. The van der Waals surface area contributed by atoms with Crippen LogP contribution in [0.4, 0.5) is 5.69 Å². The largest absolute Gasteiger partial charge is 0.385 e. The highest BCUT2D eigenvalue weighted by Crippen LogP contribution is 2.21. The highest BCUT2D eigenvalue weighted by atomic mass is 16.5. The third-order valence-corrected chi connectivity index (χ3v) is 5.16. The molecule has 1 aliphatic rings. The third-order valence-electron chi connectivity index (χ3n) is 5.16. The number of anilines is 1. The van der Waals surface area contributed by atoms with E-state index in [0.29, 0.717) is 32.1 Å². The van der Waals surface area contributed by atoms with Gasteiger partial charge in [0.1, 0.15) is 5.82 Å². The van der Waals surface area contributed by atoms with E-state index in [-0.39, 0.29) is 5.91 Å². The van der Waals surface area contributed by atoms with Crippen LogP contribution in [0.15, 0.2) is 29.3 Å². The number of carbonyl (C=O) groups excluding carboxylic acids is 1. The molecule has 1 aromatic heterocycles. The predicted octanol–water partition coefficient (Wildman–Crippen LogP) is 1.52. The Morgan fingerprint density at radius 1 is 1.23 bits per heavy atom. The zero-order valence-corrected chi connectivity index (χ0v) is 18.0. The Morgan fingerprint density at radius 3 is 2.67 bits per heavy atom. The Hall–Kier alpha value is -2.94. The molecule has 0 radical (unpaired) electrons. The summed E-state index contributed by atoms with van der Waals surface area (Å²) in [5.41, 5.74) is 2.04. The second kappa shape index (κ2) is 10.7. The molecule has 1 aliphatic heterocycles. The Balaban J connectivity index is 1.61. The van der Waals surface area contributed by atoms with Crippen LogP contribution < -0.4 is 15.5 Å². The number of guanidine groups is 1. The molecule has 9 heteroatoms.